The van der Waals surface area contributed by atoms with Gasteiger partial charge in [0.05, 0.1) is 0 Å². The van der Waals surface area contributed by atoms with Crippen LogP contribution in [0.15, 0.2) is 24.3 Å². The van der Waals surface area contributed by atoms with Crippen LogP contribution in [-0.4, -0.2) is 48.4 Å². The summed E-state index contributed by atoms with van der Waals surface area (Å²) in [5.41, 5.74) is 6.70. The number of amides is 1. The molecular formula is C15H24Cl3N3O. The van der Waals surface area contributed by atoms with Crippen LogP contribution >= 0.6 is 36.4 Å². The summed E-state index contributed by atoms with van der Waals surface area (Å²) in [5.74, 6) is 0.238. The van der Waals surface area contributed by atoms with Crippen molar-refractivity contribution in [1.82, 2.24) is 9.80 Å². The topological polar surface area (TPSA) is 49.6 Å². The molecule has 1 aliphatic rings. The van der Waals surface area contributed by atoms with Gasteiger partial charge in [-0.2, -0.15) is 0 Å². The second kappa shape index (κ2) is 11.1. The minimum Gasteiger partial charge on any atom is -0.340 e. The fourth-order valence-corrected chi connectivity index (χ4v) is 2.54. The van der Waals surface area contributed by atoms with E-state index < -0.39 is 0 Å². The standard InChI is InChI=1S/C15H22ClN3O.2ClH/c16-14-5-3-13(4-6-14)12-18-8-10-19(11-9-18)15(20)2-1-7-17;;/h3-6H,1-2,7-12,17H2;2*1H. The fraction of sp³-hybridized carbons (Fsp3) is 0.533. The maximum Gasteiger partial charge on any atom is 0.222 e. The van der Waals surface area contributed by atoms with Crippen molar-refractivity contribution in [2.45, 2.75) is 19.4 Å². The van der Waals surface area contributed by atoms with Gasteiger partial charge >= 0.3 is 0 Å². The molecular weight excluding hydrogens is 345 g/mol. The molecule has 2 N–H and O–H groups in total. The Morgan fingerprint density at radius 3 is 2.23 bits per heavy atom. The molecule has 1 aromatic carbocycles. The van der Waals surface area contributed by atoms with Gasteiger partial charge in [-0.05, 0) is 30.7 Å². The van der Waals surface area contributed by atoms with E-state index in [9.17, 15) is 4.79 Å². The minimum atomic E-state index is 0. The third kappa shape index (κ3) is 6.71. The first-order valence-corrected chi connectivity index (χ1v) is 7.51. The van der Waals surface area contributed by atoms with Crippen LogP contribution in [0.1, 0.15) is 18.4 Å². The first-order chi connectivity index (χ1) is 9.69. The molecule has 0 aromatic heterocycles. The average molecular weight is 369 g/mol. The number of hydrogen-bond acceptors (Lipinski definition) is 3. The number of piperazine rings is 1. The lowest BCUT2D eigenvalue weighted by Gasteiger charge is -2.34. The highest BCUT2D eigenvalue weighted by atomic mass is 35.5. The predicted molar refractivity (Wildman–Crippen MR) is 96.1 cm³/mol. The molecule has 1 aromatic rings. The lowest BCUT2D eigenvalue weighted by Crippen LogP contribution is -2.48. The number of carbonyl (C=O) groups is 1. The Labute approximate surface area is 149 Å². The molecule has 2 rings (SSSR count). The van der Waals surface area contributed by atoms with Gasteiger partial charge in [0.15, 0.2) is 0 Å². The van der Waals surface area contributed by atoms with E-state index in [1.165, 1.54) is 5.56 Å². The normalized spacial score (nSPS) is 14.9. The molecule has 4 nitrogen and oxygen atoms in total. The zero-order valence-electron chi connectivity index (χ0n) is 12.5. The summed E-state index contributed by atoms with van der Waals surface area (Å²) in [5, 5.41) is 0.768. The van der Waals surface area contributed by atoms with Crippen LogP contribution in [-0.2, 0) is 11.3 Å². The van der Waals surface area contributed by atoms with E-state index in [-0.39, 0.29) is 30.7 Å². The van der Waals surface area contributed by atoms with Crippen molar-refractivity contribution < 1.29 is 4.79 Å². The van der Waals surface area contributed by atoms with E-state index in [0.29, 0.717) is 13.0 Å². The maximum absolute atomic E-state index is 11.9. The largest absolute Gasteiger partial charge is 0.340 e. The van der Waals surface area contributed by atoms with Crippen LogP contribution in [0.25, 0.3) is 0 Å². The smallest absolute Gasteiger partial charge is 0.222 e. The van der Waals surface area contributed by atoms with Gasteiger partial charge < -0.3 is 10.6 Å². The number of carbonyl (C=O) groups excluding carboxylic acids is 1. The summed E-state index contributed by atoms with van der Waals surface area (Å²) in [7, 11) is 0. The lowest BCUT2D eigenvalue weighted by molar-refractivity contribution is -0.133. The minimum absolute atomic E-state index is 0. The van der Waals surface area contributed by atoms with E-state index in [1.807, 2.05) is 17.0 Å². The first kappa shape index (κ1) is 21.5. The molecule has 0 unspecified atom stereocenters. The van der Waals surface area contributed by atoms with Gasteiger partial charge in [-0.15, -0.1) is 24.8 Å². The molecule has 0 saturated carbocycles. The van der Waals surface area contributed by atoms with Gasteiger partial charge in [0.2, 0.25) is 5.91 Å². The molecule has 1 fully saturated rings. The lowest BCUT2D eigenvalue weighted by atomic mass is 10.2. The van der Waals surface area contributed by atoms with Crippen LogP contribution in [0, 0.1) is 0 Å². The number of nitrogens with two attached hydrogens (primary N) is 1. The molecule has 0 aliphatic carbocycles. The van der Waals surface area contributed by atoms with Crippen molar-refractivity contribution in [1.29, 1.82) is 0 Å². The summed E-state index contributed by atoms with van der Waals surface area (Å²) in [6.07, 6.45) is 1.36. The summed E-state index contributed by atoms with van der Waals surface area (Å²) in [4.78, 5) is 16.2. The van der Waals surface area contributed by atoms with Gasteiger partial charge in [0, 0.05) is 44.2 Å². The Hall–Kier alpha value is -0.520. The Kier molecular flexibility index (Phi) is 10.8. The molecule has 0 atom stereocenters. The first-order valence-electron chi connectivity index (χ1n) is 7.13. The van der Waals surface area contributed by atoms with Crippen LogP contribution in [0.2, 0.25) is 5.02 Å². The number of benzene rings is 1. The number of rotatable bonds is 5. The van der Waals surface area contributed by atoms with Gasteiger partial charge in [-0.3, -0.25) is 9.69 Å². The SMILES string of the molecule is Cl.Cl.NCCCC(=O)N1CCN(Cc2ccc(Cl)cc2)CC1. The van der Waals surface area contributed by atoms with Crippen molar-refractivity contribution in [3.8, 4) is 0 Å². The van der Waals surface area contributed by atoms with Crippen LogP contribution in [0.3, 0.4) is 0 Å². The van der Waals surface area contributed by atoms with Gasteiger partial charge in [-0.1, -0.05) is 23.7 Å². The van der Waals surface area contributed by atoms with E-state index >= 15 is 0 Å². The van der Waals surface area contributed by atoms with Crippen molar-refractivity contribution in [2.24, 2.45) is 5.73 Å². The van der Waals surface area contributed by atoms with Crippen LogP contribution in [0.4, 0.5) is 0 Å². The molecule has 0 spiro atoms. The Bertz CT molecular complexity index is 434. The highest BCUT2D eigenvalue weighted by Crippen LogP contribution is 2.13. The predicted octanol–water partition coefficient (Wildman–Crippen LogP) is 2.57. The van der Waals surface area contributed by atoms with E-state index in [4.69, 9.17) is 17.3 Å². The second-order valence-corrected chi connectivity index (χ2v) is 5.61. The van der Waals surface area contributed by atoms with Crippen LogP contribution < -0.4 is 5.73 Å². The van der Waals surface area contributed by atoms with Gasteiger partial charge in [0.25, 0.3) is 0 Å². The molecule has 1 aliphatic heterocycles. The van der Waals surface area contributed by atoms with Crippen molar-refractivity contribution in [3.63, 3.8) is 0 Å². The summed E-state index contributed by atoms with van der Waals surface area (Å²) >= 11 is 5.88. The Balaban J connectivity index is 0.00000220. The second-order valence-electron chi connectivity index (χ2n) is 5.18. The van der Waals surface area contributed by atoms with Crippen molar-refractivity contribution >= 4 is 42.3 Å². The van der Waals surface area contributed by atoms with Gasteiger partial charge in [-0.25, -0.2) is 0 Å². The van der Waals surface area contributed by atoms with Crippen LogP contribution in [0.5, 0.6) is 0 Å². The number of halogens is 3. The number of nitrogens with zero attached hydrogens (tertiary/aromatic N) is 2. The highest BCUT2D eigenvalue weighted by molar-refractivity contribution is 6.30. The van der Waals surface area contributed by atoms with E-state index in [1.54, 1.807) is 0 Å². The quantitative estimate of drug-likeness (QED) is 0.869. The van der Waals surface area contributed by atoms with Gasteiger partial charge in [0.1, 0.15) is 0 Å². The summed E-state index contributed by atoms with van der Waals surface area (Å²) < 4.78 is 0. The number of hydrogen-bond donors (Lipinski definition) is 1. The van der Waals surface area contributed by atoms with E-state index in [0.717, 1.165) is 44.2 Å². The third-order valence-electron chi connectivity index (χ3n) is 3.64. The highest BCUT2D eigenvalue weighted by Gasteiger charge is 2.20. The molecule has 1 heterocycles. The molecule has 1 saturated heterocycles. The molecule has 0 bridgehead atoms. The monoisotopic (exact) mass is 367 g/mol. The summed E-state index contributed by atoms with van der Waals surface area (Å²) in [6.45, 7) is 4.99. The van der Waals surface area contributed by atoms with Crippen molar-refractivity contribution in [3.05, 3.63) is 34.9 Å². The third-order valence-corrected chi connectivity index (χ3v) is 3.89. The molecule has 22 heavy (non-hydrogen) atoms. The Morgan fingerprint density at radius 1 is 1.09 bits per heavy atom. The molecule has 0 radical (unpaired) electrons. The molecule has 1 amide bonds. The fourth-order valence-electron chi connectivity index (χ4n) is 2.41. The molecule has 126 valence electrons. The van der Waals surface area contributed by atoms with E-state index in [2.05, 4.69) is 17.0 Å². The summed E-state index contributed by atoms with van der Waals surface area (Å²) in [6, 6.07) is 7.95. The average Bonchev–Trinajstić information content (AvgIpc) is 2.48. The maximum atomic E-state index is 11.9. The van der Waals surface area contributed by atoms with Crippen molar-refractivity contribution in [2.75, 3.05) is 32.7 Å². The molecule has 7 heteroatoms. The zero-order valence-corrected chi connectivity index (χ0v) is 14.9. The Morgan fingerprint density at radius 2 is 1.68 bits per heavy atom. The zero-order chi connectivity index (χ0) is 14.4.